The molecule has 1 saturated heterocycles. The number of benzene rings is 1. The number of methoxy groups -OCH3 is 1. The van der Waals surface area contributed by atoms with Crippen molar-refractivity contribution in [3.05, 3.63) is 53.9 Å². The molecule has 5 heteroatoms. The highest BCUT2D eigenvalue weighted by Crippen LogP contribution is 2.18. The minimum absolute atomic E-state index is 0.0286. The smallest absolute Gasteiger partial charge is 0.272 e. The van der Waals surface area contributed by atoms with Gasteiger partial charge in [-0.2, -0.15) is 0 Å². The first-order valence-corrected chi connectivity index (χ1v) is 8.39. The summed E-state index contributed by atoms with van der Waals surface area (Å²) < 4.78 is 5.37. The number of nitrogens with one attached hydrogen (secondary N) is 1. The number of carbonyl (C=O) groups is 1. The largest absolute Gasteiger partial charge is 0.496 e. The van der Waals surface area contributed by atoms with E-state index in [-0.39, 0.29) is 5.91 Å². The van der Waals surface area contributed by atoms with E-state index in [1.807, 2.05) is 35.2 Å². The van der Waals surface area contributed by atoms with Crippen LogP contribution in [0, 0.1) is 0 Å². The molecule has 0 radical (unpaired) electrons. The number of likely N-dealkylation sites (tertiary alicyclic amines) is 1. The second-order valence-electron chi connectivity index (χ2n) is 5.92. The summed E-state index contributed by atoms with van der Waals surface area (Å²) in [5.41, 5.74) is 2.59. The number of rotatable bonds is 6. The van der Waals surface area contributed by atoms with Crippen LogP contribution in [0.2, 0.25) is 0 Å². The molecule has 2 aromatic rings. The van der Waals surface area contributed by atoms with Gasteiger partial charge in [-0.1, -0.05) is 18.2 Å². The van der Waals surface area contributed by atoms with Crippen molar-refractivity contribution in [3.63, 3.8) is 0 Å². The fraction of sp³-hybridized carbons (Fsp3) is 0.368. The van der Waals surface area contributed by atoms with Crippen molar-refractivity contribution in [2.24, 2.45) is 0 Å². The van der Waals surface area contributed by atoms with Crippen LogP contribution in [-0.4, -0.2) is 42.5 Å². The lowest BCUT2D eigenvalue weighted by Gasteiger charge is -2.15. The minimum atomic E-state index is 0.0286. The highest BCUT2D eigenvalue weighted by molar-refractivity contribution is 5.93. The van der Waals surface area contributed by atoms with Gasteiger partial charge >= 0.3 is 0 Å². The van der Waals surface area contributed by atoms with Crippen LogP contribution in [0.4, 0.5) is 5.69 Å². The Bertz CT molecular complexity index is 697. The molecule has 126 valence electrons. The van der Waals surface area contributed by atoms with E-state index in [1.165, 1.54) is 0 Å². The third kappa shape index (κ3) is 3.85. The molecule has 3 rings (SSSR count). The van der Waals surface area contributed by atoms with Crippen LogP contribution in [0.1, 0.15) is 28.9 Å². The molecule has 1 N–H and O–H groups in total. The van der Waals surface area contributed by atoms with E-state index in [1.54, 1.807) is 13.3 Å². The molecule has 1 aliphatic heterocycles. The second kappa shape index (κ2) is 7.81. The van der Waals surface area contributed by atoms with Gasteiger partial charge in [0.05, 0.1) is 7.11 Å². The predicted molar refractivity (Wildman–Crippen MR) is 94.6 cm³/mol. The Balaban J connectivity index is 1.59. The molecule has 5 nitrogen and oxygen atoms in total. The van der Waals surface area contributed by atoms with Crippen LogP contribution in [0.25, 0.3) is 0 Å². The van der Waals surface area contributed by atoms with Crippen molar-refractivity contribution < 1.29 is 9.53 Å². The summed E-state index contributed by atoms with van der Waals surface area (Å²) in [4.78, 5) is 18.5. The quantitative estimate of drug-likeness (QED) is 0.887. The molecule has 0 atom stereocenters. The topological polar surface area (TPSA) is 54.5 Å². The predicted octanol–water partition coefficient (Wildman–Crippen LogP) is 2.98. The van der Waals surface area contributed by atoms with Gasteiger partial charge in [0.15, 0.2) is 0 Å². The number of hydrogen-bond acceptors (Lipinski definition) is 4. The number of para-hydroxylation sites is 1. The molecule has 2 heterocycles. The Morgan fingerprint density at radius 1 is 1.25 bits per heavy atom. The first-order valence-electron chi connectivity index (χ1n) is 8.39. The van der Waals surface area contributed by atoms with Gasteiger partial charge in [0.25, 0.3) is 5.91 Å². The summed E-state index contributed by atoms with van der Waals surface area (Å²) >= 11 is 0. The van der Waals surface area contributed by atoms with Crippen molar-refractivity contribution in [2.75, 3.05) is 32.1 Å². The lowest BCUT2D eigenvalue weighted by atomic mass is 10.1. The van der Waals surface area contributed by atoms with Crippen molar-refractivity contribution in [3.8, 4) is 5.75 Å². The number of nitrogens with zero attached hydrogens (tertiary/aromatic N) is 2. The molecule has 0 unspecified atom stereocenters. The van der Waals surface area contributed by atoms with Gasteiger partial charge in [-0.05, 0) is 43.0 Å². The summed E-state index contributed by atoms with van der Waals surface area (Å²) in [7, 11) is 1.69. The summed E-state index contributed by atoms with van der Waals surface area (Å²) in [6, 6.07) is 11.7. The standard InChI is InChI=1S/C19H23N3O2/c1-24-18-7-3-2-6-15(18)8-10-20-16-9-11-21-17(14-16)19(23)22-12-4-5-13-22/h2-3,6-7,9,11,14H,4-5,8,10,12-13H2,1H3,(H,20,21). The lowest BCUT2D eigenvalue weighted by Crippen LogP contribution is -2.28. The van der Waals surface area contributed by atoms with Crippen LogP contribution < -0.4 is 10.1 Å². The number of anilines is 1. The van der Waals surface area contributed by atoms with Gasteiger partial charge < -0.3 is 15.0 Å². The Labute approximate surface area is 142 Å². The van der Waals surface area contributed by atoms with Gasteiger partial charge in [-0.25, -0.2) is 0 Å². The summed E-state index contributed by atoms with van der Waals surface area (Å²) in [6.07, 6.45) is 4.71. The molecule has 1 aromatic carbocycles. The van der Waals surface area contributed by atoms with Gasteiger partial charge in [-0.3, -0.25) is 9.78 Å². The zero-order valence-electron chi connectivity index (χ0n) is 14.0. The van der Waals surface area contributed by atoms with Crippen molar-refractivity contribution in [2.45, 2.75) is 19.3 Å². The lowest BCUT2D eigenvalue weighted by molar-refractivity contribution is 0.0787. The van der Waals surface area contributed by atoms with Crippen LogP contribution in [0.5, 0.6) is 5.75 Å². The molecular formula is C19H23N3O2. The van der Waals surface area contributed by atoms with E-state index >= 15 is 0 Å². The highest BCUT2D eigenvalue weighted by atomic mass is 16.5. The highest BCUT2D eigenvalue weighted by Gasteiger charge is 2.20. The number of pyridine rings is 1. The van der Waals surface area contributed by atoms with E-state index in [4.69, 9.17) is 4.74 Å². The molecule has 0 aliphatic carbocycles. The minimum Gasteiger partial charge on any atom is -0.496 e. The SMILES string of the molecule is COc1ccccc1CCNc1ccnc(C(=O)N2CCCC2)c1. The Hall–Kier alpha value is -2.56. The average Bonchev–Trinajstić information content (AvgIpc) is 3.16. The first kappa shape index (κ1) is 16.3. The maximum Gasteiger partial charge on any atom is 0.272 e. The van der Waals surface area contributed by atoms with Crippen LogP contribution in [-0.2, 0) is 6.42 Å². The van der Waals surface area contributed by atoms with E-state index in [9.17, 15) is 4.79 Å². The fourth-order valence-electron chi connectivity index (χ4n) is 2.99. The first-order chi connectivity index (χ1) is 11.8. The van der Waals surface area contributed by atoms with E-state index in [0.29, 0.717) is 5.69 Å². The Morgan fingerprint density at radius 2 is 2.04 bits per heavy atom. The van der Waals surface area contributed by atoms with Gasteiger partial charge in [0.1, 0.15) is 11.4 Å². The molecule has 24 heavy (non-hydrogen) atoms. The summed E-state index contributed by atoms with van der Waals surface area (Å²) in [5, 5.41) is 3.36. The maximum atomic E-state index is 12.4. The van der Waals surface area contributed by atoms with E-state index < -0.39 is 0 Å². The van der Waals surface area contributed by atoms with Gasteiger partial charge in [0, 0.05) is 31.5 Å². The maximum absolute atomic E-state index is 12.4. The zero-order valence-corrected chi connectivity index (χ0v) is 14.0. The summed E-state index contributed by atoms with van der Waals surface area (Å²) in [6.45, 7) is 2.44. The molecule has 1 fully saturated rings. The third-order valence-electron chi connectivity index (χ3n) is 4.29. The molecular weight excluding hydrogens is 302 g/mol. The molecule has 0 spiro atoms. The number of ether oxygens (including phenoxy) is 1. The normalized spacial score (nSPS) is 13.8. The molecule has 1 aromatic heterocycles. The molecule has 1 amide bonds. The van der Waals surface area contributed by atoms with Crippen LogP contribution in [0.15, 0.2) is 42.6 Å². The number of hydrogen-bond donors (Lipinski definition) is 1. The van der Waals surface area contributed by atoms with Crippen molar-refractivity contribution in [1.82, 2.24) is 9.88 Å². The monoisotopic (exact) mass is 325 g/mol. The van der Waals surface area contributed by atoms with E-state index in [2.05, 4.69) is 16.4 Å². The van der Waals surface area contributed by atoms with Gasteiger partial charge in [0.2, 0.25) is 0 Å². The average molecular weight is 325 g/mol. The third-order valence-corrected chi connectivity index (χ3v) is 4.29. The zero-order chi connectivity index (χ0) is 16.8. The number of amides is 1. The number of carbonyl (C=O) groups excluding carboxylic acids is 1. The van der Waals surface area contributed by atoms with Crippen LogP contribution >= 0.6 is 0 Å². The second-order valence-corrected chi connectivity index (χ2v) is 5.92. The molecule has 0 bridgehead atoms. The van der Waals surface area contributed by atoms with Crippen molar-refractivity contribution in [1.29, 1.82) is 0 Å². The van der Waals surface area contributed by atoms with E-state index in [0.717, 1.165) is 55.9 Å². The molecule has 0 saturated carbocycles. The Morgan fingerprint density at radius 3 is 2.83 bits per heavy atom. The van der Waals surface area contributed by atoms with Gasteiger partial charge in [-0.15, -0.1) is 0 Å². The van der Waals surface area contributed by atoms with Crippen molar-refractivity contribution >= 4 is 11.6 Å². The Kier molecular flexibility index (Phi) is 5.31. The van der Waals surface area contributed by atoms with Crippen LogP contribution in [0.3, 0.4) is 0 Å². The summed E-state index contributed by atoms with van der Waals surface area (Å²) in [5.74, 6) is 0.930. The molecule has 1 aliphatic rings. The fourth-order valence-corrected chi connectivity index (χ4v) is 2.99. The number of aromatic nitrogens is 1.